The second kappa shape index (κ2) is 9.94. The number of esters is 1. The van der Waals surface area contributed by atoms with Gasteiger partial charge in [-0.3, -0.25) is 14.4 Å². The molecule has 0 aliphatic rings. The Hall–Kier alpha value is -2.38. The van der Waals surface area contributed by atoms with Crippen molar-refractivity contribution in [3.05, 3.63) is 51.2 Å². The van der Waals surface area contributed by atoms with E-state index in [0.29, 0.717) is 17.1 Å². The Bertz CT molecular complexity index is 778. The fraction of sp³-hybridized carbons (Fsp3) is 0.278. The van der Waals surface area contributed by atoms with Gasteiger partial charge in [-0.15, -0.1) is 0 Å². The molecule has 0 saturated carbocycles. The Morgan fingerprint density at radius 1 is 1.19 bits per heavy atom. The molecule has 2 rings (SSSR count). The van der Waals surface area contributed by atoms with Crippen molar-refractivity contribution in [3.63, 3.8) is 0 Å². The zero-order chi connectivity index (χ0) is 18.9. The lowest BCUT2D eigenvalue weighted by atomic mass is 10.2. The van der Waals surface area contributed by atoms with Gasteiger partial charge in [0.25, 0.3) is 5.91 Å². The van der Waals surface area contributed by atoms with Gasteiger partial charge >= 0.3 is 5.97 Å². The third-order valence-corrected chi connectivity index (χ3v) is 4.69. The van der Waals surface area contributed by atoms with Gasteiger partial charge in [-0.25, -0.2) is 0 Å². The van der Waals surface area contributed by atoms with Gasteiger partial charge in [0.15, 0.2) is 6.61 Å². The molecule has 0 aliphatic heterocycles. The van der Waals surface area contributed by atoms with E-state index < -0.39 is 24.4 Å². The van der Waals surface area contributed by atoms with Crippen LogP contribution < -0.4 is 10.6 Å². The van der Waals surface area contributed by atoms with E-state index in [9.17, 15) is 14.4 Å². The molecule has 6 nitrogen and oxygen atoms in total. The number of amides is 2. The van der Waals surface area contributed by atoms with Crippen LogP contribution in [0.3, 0.4) is 0 Å². The zero-order valence-corrected chi connectivity index (χ0v) is 15.8. The van der Waals surface area contributed by atoms with Gasteiger partial charge in [0, 0.05) is 17.1 Å². The highest BCUT2D eigenvalue weighted by Gasteiger charge is 2.11. The summed E-state index contributed by atoms with van der Waals surface area (Å²) in [4.78, 5) is 35.1. The lowest BCUT2D eigenvalue weighted by molar-refractivity contribution is -0.148. The molecule has 0 bridgehead atoms. The van der Waals surface area contributed by atoms with Gasteiger partial charge in [0.05, 0.1) is 6.54 Å². The van der Waals surface area contributed by atoms with Crippen LogP contribution in [0.5, 0.6) is 0 Å². The highest BCUT2D eigenvalue weighted by Crippen LogP contribution is 2.22. The first kappa shape index (κ1) is 19.9. The molecule has 1 aromatic carbocycles. The second-order valence-electron chi connectivity index (χ2n) is 5.53. The summed E-state index contributed by atoms with van der Waals surface area (Å²) in [5, 5.41) is 9.50. The largest absolute Gasteiger partial charge is 0.456 e. The van der Waals surface area contributed by atoms with Crippen molar-refractivity contribution in [1.29, 1.82) is 0 Å². The number of ether oxygens (including phenoxy) is 1. The maximum atomic E-state index is 11.9. The van der Waals surface area contributed by atoms with Crippen molar-refractivity contribution in [1.82, 2.24) is 5.32 Å². The van der Waals surface area contributed by atoms with Gasteiger partial charge in [-0.05, 0) is 53.4 Å². The van der Waals surface area contributed by atoms with E-state index in [0.717, 1.165) is 11.1 Å². The summed E-state index contributed by atoms with van der Waals surface area (Å²) >= 11 is 7.54. The molecule has 26 heavy (non-hydrogen) atoms. The molecule has 0 saturated heterocycles. The van der Waals surface area contributed by atoms with E-state index in [2.05, 4.69) is 10.6 Å². The van der Waals surface area contributed by atoms with E-state index in [4.69, 9.17) is 16.3 Å². The number of aryl methyl sites for hydroxylation is 1. The van der Waals surface area contributed by atoms with Crippen molar-refractivity contribution < 1.29 is 19.1 Å². The van der Waals surface area contributed by atoms with Crippen LogP contribution in [0, 0.1) is 6.92 Å². The van der Waals surface area contributed by atoms with Crippen LogP contribution in [0.4, 0.5) is 5.69 Å². The molecular formula is C18H19ClN2O4S. The van der Waals surface area contributed by atoms with Crippen molar-refractivity contribution in [2.45, 2.75) is 19.8 Å². The molecule has 2 aromatic rings. The molecule has 0 atom stereocenters. The summed E-state index contributed by atoms with van der Waals surface area (Å²) in [6.07, 6.45) is 0.782. The van der Waals surface area contributed by atoms with Gasteiger partial charge in [-0.2, -0.15) is 11.3 Å². The molecule has 1 aromatic heterocycles. The number of thiophene rings is 1. The maximum absolute atomic E-state index is 11.9. The summed E-state index contributed by atoms with van der Waals surface area (Å²) < 4.78 is 4.89. The average molecular weight is 395 g/mol. The van der Waals surface area contributed by atoms with Crippen LogP contribution in [-0.4, -0.2) is 30.9 Å². The van der Waals surface area contributed by atoms with Crippen LogP contribution in [0.2, 0.25) is 5.02 Å². The third-order valence-electron chi connectivity index (χ3n) is 3.55. The molecule has 138 valence electrons. The maximum Gasteiger partial charge on any atom is 0.306 e. The van der Waals surface area contributed by atoms with Gasteiger partial charge in [0.2, 0.25) is 5.91 Å². The van der Waals surface area contributed by atoms with Crippen LogP contribution in [0.15, 0.2) is 35.0 Å². The van der Waals surface area contributed by atoms with Crippen LogP contribution in [-0.2, 0) is 25.5 Å². The minimum Gasteiger partial charge on any atom is -0.456 e. The number of halogens is 1. The predicted octanol–water partition coefficient (Wildman–Crippen LogP) is 2.94. The fourth-order valence-electron chi connectivity index (χ4n) is 2.07. The first-order valence-electron chi connectivity index (χ1n) is 7.94. The quantitative estimate of drug-likeness (QED) is 0.674. The van der Waals surface area contributed by atoms with Crippen LogP contribution in [0.25, 0.3) is 0 Å². The lowest BCUT2D eigenvalue weighted by Crippen LogP contribution is -2.35. The summed E-state index contributed by atoms with van der Waals surface area (Å²) in [6.45, 7) is 1.15. The number of rotatable bonds is 8. The molecule has 1 heterocycles. The average Bonchev–Trinajstić information content (AvgIpc) is 3.14. The summed E-state index contributed by atoms with van der Waals surface area (Å²) in [6, 6.07) is 7.10. The van der Waals surface area contributed by atoms with E-state index in [-0.39, 0.29) is 13.0 Å². The Morgan fingerprint density at radius 3 is 2.73 bits per heavy atom. The van der Waals surface area contributed by atoms with E-state index in [1.807, 2.05) is 16.8 Å². The zero-order valence-electron chi connectivity index (χ0n) is 14.2. The van der Waals surface area contributed by atoms with Crippen molar-refractivity contribution >= 4 is 46.4 Å². The molecule has 8 heteroatoms. The Kier molecular flexibility index (Phi) is 7.62. The number of nitrogens with one attached hydrogen (secondary N) is 2. The van der Waals surface area contributed by atoms with Crippen molar-refractivity contribution in [2.75, 3.05) is 18.5 Å². The van der Waals surface area contributed by atoms with Crippen LogP contribution in [0.1, 0.15) is 17.5 Å². The Morgan fingerprint density at radius 2 is 2.00 bits per heavy atom. The summed E-state index contributed by atoms with van der Waals surface area (Å²) in [5.74, 6) is -1.38. The number of anilines is 1. The van der Waals surface area contributed by atoms with Crippen LogP contribution >= 0.6 is 22.9 Å². The normalized spacial score (nSPS) is 10.2. The number of hydrogen-bond donors (Lipinski definition) is 2. The van der Waals surface area contributed by atoms with E-state index in [1.165, 1.54) is 0 Å². The van der Waals surface area contributed by atoms with Crippen molar-refractivity contribution in [3.8, 4) is 0 Å². The molecule has 0 spiro atoms. The Labute approximate surface area is 160 Å². The number of hydrogen-bond acceptors (Lipinski definition) is 5. The highest BCUT2D eigenvalue weighted by molar-refractivity contribution is 7.07. The molecular weight excluding hydrogens is 376 g/mol. The fourth-order valence-corrected chi connectivity index (χ4v) is 2.94. The smallest absolute Gasteiger partial charge is 0.306 e. The van der Waals surface area contributed by atoms with Crippen molar-refractivity contribution in [2.24, 2.45) is 0 Å². The van der Waals surface area contributed by atoms with Gasteiger partial charge in [-0.1, -0.05) is 17.7 Å². The monoisotopic (exact) mass is 394 g/mol. The molecule has 0 aliphatic carbocycles. The molecule has 0 unspecified atom stereocenters. The minimum absolute atomic E-state index is 0.207. The SMILES string of the molecule is Cc1c(Cl)cccc1NC(=O)CNC(=O)COC(=O)CCc1ccsc1. The molecule has 2 amide bonds. The minimum atomic E-state index is -0.535. The second-order valence-corrected chi connectivity index (χ2v) is 6.72. The number of carbonyl (C=O) groups is 3. The molecule has 0 radical (unpaired) electrons. The predicted molar refractivity (Wildman–Crippen MR) is 101 cm³/mol. The van der Waals surface area contributed by atoms with E-state index >= 15 is 0 Å². The first-order valence-corrected chi connectivity index (χ1v) is 9.26. The van der Waals surface area contributed by atoms with Gasteiger partial charge < -0.3 is 15.4 Å². The van der Waals surface area contributed by atoms with Gasteiger partial charge in [0.1, 0.15) is 0 Å². The standard InChI is InChI=1S/C18H19ClN2O4S/c1-12-14(19)3-2-4-15(12)21-16(22)9-20-17(23)10-25-18(24)6-5-13-7-8-26-11-13/h2-4,7-8,11H,5-6,9-10H2,1H3,(H,20,23)(H,21,22). The molecule has 0 fully saturated rings. The topological polar surface area (TPSA) is 84.5 Å². The Balaban J connectivity index is 1.65. The highest BCUT2D eigenvalue weighted by atomic mass is 35.5. The number of benzene rings is 1. The summed E-state index contributed by atoms with van der Waals surface area (Å²) in [7, 11) is 0. The van der Waals surface area contributed by atoms with E-state index in [1.54, 1.807) is 36.5 Å². The summed E-state index contributed by atoms with van der Waals surface area (Å²) in [5.41, 5.74) is 2.38. The number of carbonyl (C=O) groups excluding carboxylic acids is 3. The third kappa shape index (κ3) is 6.50. The molecule has 2 N–H and O–H groups in total. The lowest BCUT2D eigenvalue weighted by Gasteiger charge is -2.10. The first-order chi connectivity index (χ1) is 12.5.